The van der Waals surface area contributed by atoms with Crippen molar-refractivity contribution in [3.63, 3.8) is 0 Å². The summed E-state index contributed by atoms with van der Waals surface area (Å²) >= 11 is 0. The van der Waals surface area contributed by atoms with E-state index in [0.29, 0.717) is 5.92 Å². The lowest BCUT2D eigenvalue weighted by Gasteiger charge is -2.38. The van der Waals surface area contributed by atoms with Crippen LogP contribution in [0.25, 0.3) is 0 Å². The molecule has 2 heteroatoms. The summed E-state index contributed by atoms with van der Waals surface area (Å²) < 4.78 is 0. The molecule has 0 amide bonds. The van der Waals surface area contributed by atoms with Crippen molar-refractivity contribution in [3.05, 3.63) is 0 Å². The molecular weight excluding hydrogens is 176 g/mol. The van der Waals surface area contributed by atoms with E-state index >= 15 is 0 Å². The first-order valence-corrected chi connectivity index (χ1v) is 5.83. The second kappa shape index (κ2) is 5.13. The smallest absolute Gasteiger partial charge is 0.0509 e. The Balaban J connectivity index is 2.48. The molecule has 0 bridgehead atoms. The van der Waals surface area contributed by atoms with Gasteiger partial charge in [0.2, 0.25) is 0 Å². The number of hydrogen-bond acceptors (Lipinski definition) is 2. The Hall–Kier alpha value is -0.0800. The van der Waals surface area contributed by atoms with Gasteiger partial charge in [-0.05, 0) is 24.7 Å². The van der Waals surface area contributed by atoms with Crippen molar-refractivity contribution >= 4 is 0 Å². The normalized spacial score (nSPS) is 18.6. The van der Waals surface area contributed by atoms with Gasteiger partial charge < -0.3 is 10.2 Å². The number of aliphatic hydroxyl groups is 2. The predicted molar refractivity (Wildman–Crippen MR) is 58.0 cm³/mol. The van der Waals surface area contributed by atoms with Gasteiger partial charge in [-0.2, -0.15) is 0 Å². The molecule has 84 valence electrons. The Kier molecular flexibility index (Phi) is 4.39. The third-order valence-electron chi connectivity index (χ3n) is 3.46. The van der Waals surface area contributed by atoms with Gasteiger partial charge in [-0.1, -0.05) is 33.1 Å². The molecule has 1 aliphatic carbocycles. The van der Waals surface area contributed by atoms with Gasteiger partial charge in [-0.3, -0.25) is 0 Å². The van der Waals surface area contributed by atoms with E-state index < -0.39 is 0 Å². The summed E-state index contributed by atoms with van der Waals surface area (Å²) in [5, 5.41) is 18.9. The summed E-state index contributed by atoms with van der Waals surface area (Å²) in [5.74, 6) is 1.31. The molecule has 0 spiro atoms. The molecule has 0 aromatic rings. The van der Waals surface area contributed by atoms with Gasteiger partial charge >= 0.3 is 0 Å². The van der Waals surface area contributed by atoms with E-state index in [-0.39, 0.29) is 18.6 Å². The van der Waals surface area contributed by atoms with Crippen molar-refractivity contribution in [2.24, 2.45) is 17.3 Å². The Bertz CT molecular complexity index is 158. The van der Waals surface area contributed by atoms with Crippen LogP contribution < -0.4 is 0 Å². The van der Waals surface area contributed by atoms with Crippen molar-refractivity contribution in [2.75, 3.05) is 13.2 Å². The Morgan fingerprint density at radius 3 is 2.07 bits per heavy atom. The van der Waals surface area contributed by atoms with Crippen LogP contribution >= 0.6 is 0 Å². The molecular formula is C12H24O2. The molecule has 0 radical (unpaired) electrons. The summed E-state index contributed by atoms with van der Waals surface area (Å²) in [6.07, 6.45) is 5.87. The van der Waals surface area contributed by atoms with Gasteiger partial charge in [0.1, 0.15) is 0 Å². The first-order valence-electron chi connectivity index (χ1n) is 5.83. The van der Waals surface area contributed by atoms with E-state index in [1.54, 1.807) is 0 Å². The van der Waals surface area contributed by atoms with Crippen LogP contribution in [-0.4, -0.2) is 23.4 Å². The maximum atomic E-state index is 9.43. The fourth-order valence-corrected chi connectivity index (χ4v) is 2.57. The largest absolute Gasteiger partial charge is 0.396 e. The summed E-state index contributed by atoms with van der Waals surface area (Å²) in [5.41, 5.74) is -0.209. The molecule has 0 atom stereocenters. The zero-order valence-electron chi connectivity index (χ0n) is 9.50. The minimum Gasteiger partial charge on any atom is -0.396 e. The Morgan fingerprint density at radius 1 is 1.21 bits per heavy atom. The number of aliphatic hydroxyl groups excluding tert-OH is 2. The van der Waals surface area contributed by atoms with E-state index in [1.165, 1.54) is 19.3 Å². The van der Waals surface area contributed by atoms with E-state index in [1.807, 2.05) is 0 Å². The van der Waals surface area contributed by atoms with Crippen LogP contribution in [0, 0.1) is 17.3 Å². The molecule has 2 N–H and O–H groups in total. The molecule has 14 heavy (non-hydrogen) atoms. The minimum absolute atomic E-state index is 0.137. The SMILES string of the molecule is CC(C)CC(CO)(CO)CC1CCC1. The molecule has 1 aliphatic rings. The lowest BCUT2D eigenvalue weighted by molar-refractivity contribution is 0.00562. The quantitative estimate of drug-likeness (QED) is 0.690. The summed E-state index contributed by atoms with van der Waals surface area (Å²) in [4.78, 5) is 0. The average molecular weight is 200 g/mol. The molecule has 0 saturated heterocycles. The predicted octanol–water partition coefficient (Wildman–Crippen LogP) is 2.19. The van der Waals surface area contributed by atoms with Crippen LogP contribution in [0.4, 0.5) is 0 Å². The van der Waals surface area contributed by atoms with Crippen molar-refractivity contribution in [1.82, 2.24) is 0 Å². The van der Waals surface area contributed by atoms with Crippen LogP contribution in [0.1, 0.15) is 46.0 Å². The summed E-state index contributed by atoms with van der Waals surface area (Å²) in [7, 11) is 0. The second-order valence-electron chi connectivity index (χ2n) is 5.42. The van der Waals surface area contributed by atoms with E-state index in [2.05, 4.69) is 13.8 Å². The highest BCUT2D eigenvalue weighted by atomic mass is 16.3. The highest BCUT2D eigenvalue weighted by Gasteiger charge is 2.34. The maximum absolute atomic E-state index is 9.43. The van der Waals surface area contributed by atoms with Crippen molar-refractivity contribution in [1.29, 1.82) is 0 Å². The maximum Gasteiger partial charge on any atom is 0.0509 e. The number of rotatable bonds is 6. The van der Waals surface area contributed by atoms with Crippen LogP contribution in [0.15, 0.2) is 0 Å². The van der Waals surface area contributed by atoms with Gasteiger partial charge in [-0.25, -0.2) is 0 Å². The van der Waals surface area contributed by atoms with E-state index in [0.717, 1.165) is 18.8 Å². The standard InChI is InChI=1S/C12H24O2/c1-10(2)6-12(8-13,9-14)7-11-4-3-5-11/h10-11,13-14H,3-9H2,1-2H3. The van der Waals surface area contributed by atoms with E-state index in [4.69, 9.17) is 0 Å². The molecule has 1 saturated carbocycles. The molecule has 0 aromatic carbocycles. The third-order valence-corrected chi connectivity index (χ3v) is 3.46. The lowest BCUT2D eigenvalue weighted by Crippen LogP contribution is -2.35. The molecule has 1 fully saturated rings. The van der Waals surface area contributed by atoms with Crippen molar-refractivity contribution in [3.8, 4) is 0 Å². The zero-order valence-corrected chi connectivity index (χ0v) is 9.50. The van der Waals surface area contributed by atoms with Crippen LogP contribution in [0.5, 0.6) is 0 Å². The Morgan fingerprint density at radius 2 is 1.79 bits per heavy atom. The minimum atomic E-state index is -0.209. The summed E-state index contributed by atoms with van der Waals surface area (Å²) in [6, 6.07) is 0. The van der Waals surface area contributed by atoms with Gasteiger partial charge in [-0.15, -0.1) is 0 Å². The first-order chi connectivity index (χ1) is 6.62. The second-order valence-corrected chi connectivity index (χ2v) is 5.42. The van der Waals surface area contributed by atoms with Crippen LogP contribution in [-0.2, 0) is 0 Å². The fraction of sp³-hybridized carbons (Fsp3) is 1.00. The molecule has 2 nitrogen and oxygen atoms in total. The van der Waals surface area contributed by atoms with Crippen LogP contribution in [0.2, 0.25) is 0 Å². The average Bonchev–Trinajstić information content (AvgIpc) is 2.09. The first kappa shape index (κ1) is 12.0. The monoisotopic (exact) mass is 200 g/mol. The highest BCUT2D eigenvalue weighted by molar-refractivity contribution is 4.85. The fourth-order valence-electron chi connectivity index (χ4n) is 2.57. The number of hydrogen-bond donors (Lipinski definition) is 2. The highest BCUT2D eigenvalue weighted by Crippen LogP contribution is 2.40. The summed E-state index contributed by atoms with van der Waals surface area (Å²) in [6.45, 7) is 4.58. The molecule has 0 aromatic heterocycles. The molecule has 0 heterocycles. The van der Waals surface area contributed by atoms with E-state index in [9.17, 15) is 10.2 Å². The third kappa shape index (κ3) is 2.96. The van der Waals surface area contributed by atoms with Gasteiger partial charge in [0.25, 0.3) is 0 Å². The van der Waals surface area contributed by atoms with Crippen LogP contribution in [0.3, 0.4) is 0 Å². The van der Waals surface area contributed by atoms with Gasteiger partial charge in [0.05, 0.1) is 13.2 Å². The molecule has 0 aliphatic heterocycles. The van der Waals surface area contributed by atoms with Crippen molar-refractivity contribution in [2.45, 2.75) is 46.0 Å². The lowest BCUT2D eigenvalue weighted by atomic mass is 9.69. The molecule has 1 rings (SSSR count). The molecule has 0 unspecified atom stereocenters. The van der Waals surface area contributed by atoms with Gasteiger partial charge in [0.15, 0.2) is 0 Å². The van der Waals surface area contributed by atoms with Gasteiger partial charge in [0, 0.05) is 5.41 Å². The van der Waals surface area contributed by atoms with Crippen molar-refractivity contribution < 1.29 is 10.2 Å². The Labute approximate surface area is 87.3 Å². The topological polar surface area (TPSA) is 40.5 Å². The zero-order chi connectivity index (χ0) is 10.6.